The molecule has 6 heteroatoms. The van der Waals surface area contributed by atoms with Crippen LogP contribution in [0.3, 0.4) is 0 Å². The molecule has 0 spiro atoms. The van der Waals surface area contributed by atoms with Crippen LogP contribution >= 0.6 is 0 Å². The summed E-state index contributed by atoms with van der Waals surface area (Å²) in [5.41, 5.74) is 0.435. The number of nitrogens with zero attached hydrogens (tertiary/aromatic N) is 1. The van der Waals surface area contributed by atoms with Crippen molar-refractivity contribution in [2.24, 2.45) is 5.92 Å². The molecular weight excluding hydrogens is 281 g/mol. The number of rotatable bonds is 4. The normalized spacial score (nSPS) is 20.4. The Kier molecular flexibility index (Phi) is 3.86. The number of amides is 1. The van der Waals surface area contributed by atoms with Crippen molar-refractivity contribution < 1.29 is 17.1 Å². The summed E-state index contributed by atoms with van der Waals surface area (Å²) in [7, 11) is -4.54. The van der Waals surface area contributed by atoms with Crippen LogP contribution in [0.2, 0.25) is 0 Å². The van der Waals surface area contributed by atoms with Crippen LogP contribution in [0.4, 0.5) is 3.89 Å². The van der Waals surface area contributed by atoms with Gasteiger partial charge in [0.1, 0.15) is 0 Å². The molecule has 1 unspecified atom stereocenters. The minimum Gasteiger partial charge on any atom is -0.333 e. The van der Waals surface area contributed by atoms with E-state index in [0.29, 0.717) is 0 Å². The first-order valence-electron chi connectivity index (χ1n) is 6.48. The van der Waals surface area contributed by atoms with Crippen LogP contribution in [-0.4, -0.2) is 31.5 Å². The SMILES string of the molecule is CC(C)(c1ccccc1)N1CC(CS(=O)(=O)F)CC1=O. The van der Waals surface area contributed by atoms with Crippen molar-refractivity contribution in [3.63, 3.8) is 0 Å². The lowest BCUT2D eigenvalue weighted by molar-refractivity contribution is -0.132. The lowest BCUT2D eigenvalue weighted by atomic mass is 9.92. The predicted octanol–water partition coefficient (Wildman–Crippen LogP) is 2.07. The molecule has 0 bridgehead atoms. The Labute approximate surface area is 118 Å². The van der Waals surface area contributed by atoms with E-state index in [4.69, 9.17) is 0 Å². The third-order valence-corrected chi connectivity index (χ3v) is 4.66. The van der Waals surface area contributed by atoms with E-state index in [9.17, 15) is 17.1 Å². The van der Waals surface area contributed by atoms with E-state index in [0.717, 1.165) is 5.56 Å². The summed E-state index contributed by atoms with van der Waals surface area (Å²) < 4.78 is 34.2. The first kappa shape index (κ1) is 15.0. The van der Waals surface area contributed by atoms with Crippen molar-refractivity contribution >= 4 is 16.1 Å². The molecule has 1 saturated heterocycles. The summed E-state index contributed by atoms with van der Waals surface area (Å²) in [5.74, 6) is -1.19. The largest absolute Gasteiger partial charge is 0.333 e. The maximum atomic E-state index is 12.8. The highest BCUT2D eigenvalue weighted by Gasteiger charge is 2.40. The van der Waals surface area contributed by atoms with Gasteiger partial charge in [0.05, 0.1) is 11.3 Å². The van der Waals surface area contributed by atoms with Crippen LogP contribution in [0.1, 0.15) is 25.8 Å². The number of hydrogen-bond acceptors (Lipinski definition) is 3. The van der Waals surface area contributed by atoms with Gasteiger partial charge in [-0.1, -0.05) is 30.3 Å². The minimum atomic E-state index is -4.54. The van der Waals surface area contributed by atoms with Crippen molar-refractivity contribution in [1.29, 1.82) is 0 Å². The van der Waals surface area contributed by atoms with Gasteiger partial charge in [0.25, 0.3) is 0 Å². The van der Waals surface area contributed by atoms with Gasteiger partial charge in [0, 0.05) is 18.9 Å². The summed E-state index contributed by atoms with van der Waals surface area (Å²) in [6.45, 7) is 4.09. The van der Waals surface area contributed by atoms with E-state index in [1.54, 1.807) is 4.90 Å². The highest BCUT2D eigenvalue weighted by atomic mass is 32.3. The standard InChI is InChI=1S/C14H18FNO3S/c1-14(2,12-6-4-3-5-7-12)16-9-11(8-13(16)17)10-20(15,18)19/h3-7,11H,8-10H2,1-2H3. The van der Waals surface area contributed by atoms with E-state index < -0.39 is 27.4 Å². The molecule has 1 aliphatic rings. The van der Waals surface area contributed by atoms with Crippen molar-refractivity contribution in [3.8, 4) is 0 Å². The fourth-order valence-electron chi connectivity index (χ4n) is 2.72. The molecule has 0 radical (unpaired) electrons. The second-order valence-electron chi connectivity index (χ2n) is 5.71. The predicted molar refractivity (Wildman–Crippen MR) is 74.2 cm³/mol. The van der Waals surface area contributed by atoms with Gasteiger partial charge in [-0.25, -0.2) is 0 Å². The average molecular weight is 299 g/mol. The van der Waals surface area contributed by atoms with Crippen molar-refractivity contribution in [2.75, 3.05) is 12.3 Å². The molecule has 1 heterocycles. The zero-order valence-corrected chi connectivity index (χ0v) is 12.4. The molecule has 0 saturated carbocycles. The maximum Gasteiger partial charge on any atom is 0.302 e. The zero-order chi connectivity index (χ0) is 15.0. The van der Waals surface area contributed by atoms with Gasteiger partial charge in [-0.05, 0) is 19.4 Å². The van der Waals surface area contributed by atoms with Gasteiger partial charge in [0.15, 0.2) is 0 Å². The molecular formula is C14H18FNO3S. The number of hydrogen-bond donors (Lipinski definition) is 0. The van der Waals surface area contributed by atoms with E-state index in [-0.39, 0.29) is 18.9 Å². The summed E-state index contributed by atoms with van der Waals surface area (Å²) in [5, 5.41) is 0. The summed E-state index contributed by atoms with van der Waals surface area (Å²) >= 11 is 0. The highest BCUT2D eigenvalue weighted by Crippen LogP contribution is 2.34. The molecule has 2 rings (SSSR count). The highest BCUT2D eigenvalue weighted by molar-refractivity contribution is 7.86. The summed E-state index contributed by atoms with van der Waals surface area (Å²) in [6, 6.07) is 9.52. The fraction of sp³-hybridized carbons (Fsp3) is 0.500. The first-order chi connectivity index (χ1) is 9.20. The van der Waals surface area contributed by atoms with Gasteiger partial charge >= 0.3 is 10.2 Å². The van der Waals surface area contributed by atoms with Crippen molar-refractivity contribution in [3.05, 3.63) is 35.9 Å². The third-order valence-electron chi connectivity index (χ3n) is 3.79. The summed E-state index contributed by atoms with van der Waals surface area (Å²) in [4.78, 5) is 13.7. The molecule has 1 aromatic carbocycles. The molecule has 1 atom stereocenters. The summed E-state index contributed by atoms with van der Waals surface area (Å²) in [6.07, 6.45) is 0.0828. The first-order valence-corrected chi connectivity index (χ1v) is 8.04. The van der Waals surface area contributed by atoms with Crippen LogP contribution in [0.15, 0.2) is 30.3 Å². The maximum absolute atomic E-state index is 12.8. The van der Waals surface area contributed by atoms with Crippen molar-refractivity contribution in [1.82, 2.24) is 4.90 Å². The number of carbonyl (C=O) groups is 1. The quantitative estimate of drug-likeness (QED) is 0.800. The topological polar surface area (TPSA) is 54.5 Å². The van der Waals surface area contributed by atoms with E-state index >= 15 is 0 Å². The average Bonchev–Trinajstić information content (AvgIpc) is 2.69. The van der Waals surface area contributed by atoms with Gasteiger partial charge < -0.3 is 4.90 Å². The molecule has 0 aromatic heterocycles. The molecule has 4 nitrogen and oxygen atoms in total. The number of carbonyl (C=O) groups excluding carboxylic acids is 1. The van der Waals surface area contributed by atoms with Crippen LogP contribution < -0.4 is 0 Å². The Bertz CT molecular complexity index is 598. The molecule has 0 N–H and O–H groups in total. The minimum absolute atomic E-state index is 0.0828. The van der Waals surface area contributed by atoms with Crippen LogP contribution in [0, 0.1) is 5.92 Å². The molecule has 1 aromatic rings. The zero-order valence-electron chi connectivity index (χ0n) is 11.5. The number of likely N-dealkylation sites (tertiary alicyclic amines) is 1. The van der Waals surface area contributed by atoms with E-state index in [2.05, 4.69) is 0 Å². The third kappa shape index (κ3) is 3.17. The van der Waals surface area contributed by atoms with E-state index in [1.807, 2.05) is 44.2 Å². The Balaban J connectivity index is 2.19. The lowest BCUT2D eigenvalue weighted by Gasteiger charge is -2.36. The van der Waals surface area contributed by atoms with Gasteiger partial charge in [-0.15, -0.1) is 3.89 Å². The Morgan fingerprint density at radius 1 is 1.30 bits per heavy atom. The fourth-order valence-corrected chi connectivity index (χ4v) is 3.50. The van der Waals surface area contributed by atoms with Gasteiger partial charge in [-0.3, -0.25) is 4.79 Å². The van der Waals surface area contributed by atoms with Gasteiger partial charge in [0.2, 0.25) is 5.91 Å². The lowest BCUT2D eigenvalue weighted by Crippen LogP contribution is -2.42. The molecule has 1 aliphatic heterocycles. The van der Waals surface area contributed by atoms with Crippen molar-refractivity contribution in [2.45, 2.75) is 25.8 Å². The Morgan fingerprint density at radius 2 is 1.90 bits per heavy atom. The Morgan fingerprint density at radius 3 is 2.45 bits per heavy atom. The second-order valence-corrected chi connectivity index (χ2v) is 7.12. The van der Waals surface area contributed by atoms with Crippen LogP contribution in [0.5, 0.6) is 0 Å². The van der Waals surface area contributed by atoms with Crippen LogP contribution in [-0.2, 0) is 20.6 Å². The number of benzene rings is 1. The van der Waals surface area contributed by atoms with Crippen LogP contribution in [0.25, 0.3) is 0 Å². The molecule has 110 valence electrons. The second kappa shape index (κ2) is 5.16. The Hall–Kier alpha value is -1.43. The number of halogens is 1. The van der Waals surface area contributed by atoms with Gasteiger partial charge in [-0.2, -0.15) is 8.42 Å². The monoisotopic (exact) mass is 299 g/mol. The van der Waals surface area contributed by atoms with E-state index in [1.165, 1.54) is 0 Å². The molecule has 0 aliphatic carbocycles. The molecule has 20 heavy (non-hydrogen) atoms. The molecule has 1 fully saturated rings. The smallest absolute Gasteiger partial charge is 0.302 e. The molecule has 1 amide bonds.